The number of aromatic nitrogens is 6. The van der Waals surface area contributed by atoms with E-state index in [-0.39, 0.29) is 0 Å². The van der Waals surface area contributed by atoms with Crippen LogP contribution in [0.3, 0.4) is 0 Å². The van der Waals surface area contributed by atoms with Gasteiger partial charge < -0.3 is 9.09 Å². The van der Waals surface area contributed by atoms with Crippen molar-refractivity contribution in [3.8, 4) is 11.5 Å². The summed E-state index contributed by atoms with van der Waals surface area (Å²) < 4.78 is 6.48. The Hall–Kier alpha value is -3.10. The summed E-state index contributed by atoms with van der Waals surface area (Å²) in [5.74, 6) is 0.715. The molecule has 3 heterocycles. The Morgan fingerprint density at radius 3 is 2.82 bits per heavy atom. The van der Waals surface area contributed by atoms with Gasteiger partial charge in [0, 0.05) is 25.2 Å². The third kappa shape index (κ3) is 2.97. The molecule has 0 aliphatic carbocycles. The molecule has 3 aromatic heterocycles. The van der Waals surface area contributed by atoms with Crippen LogP contribution in [-0.4, -0.2) is 29.9 Å². The minimum atomic E-state index is -0.475. The lowest BCUT2D eigenvalue weighted by molar-refractivity contribution is 0.371. The van der Waals surface area contributed by atoms with E-state index in [1.807, 2.05) is 6.92 Å². The molecule has 0 bridgehead atoms. The van der Waals surface area contributed by atoms with Crippen molar-refractivity contribution in [3.05, 3.63) is 56.8 Å². The van der Waals surface area contributed by atoms with Crippen LogP contribution in [-0.2, 0) is 13.0 Å². The molecule has 0 aliphatic rings. The van der Waals surface area contributed by atoms with Crippen LogP contribution < -0.4 is 11.2 Å². The molecule has 0 atom stereocenters. The molecule has 0 radical (unpaired) electrons. The molecule has 0 aromatic carbocycles. The minimum Gasteiger partial charge on any atom is -0.339 e. The molecule has 3 aromatic rings. The molecule has 9 heteroatoms. The number of rotatable bonds is 4. The van der Waals surface area contributed by atoms with Gasteiger partial charge in [0.1, 0.15) is 5.69 Å². The SMILES string of the molecule is Cc1ccc(-c2noc(CCn3ccc(=O)[nH]c3=O)n2)nn1. The minimum absolute atomic E-state index is 0.316. The molecule has 0 amide bonds. The Morgan fingerprint density at radius 1 is 1.23 bits per heavy atom. The zero-order chi connectivity index (χ0) is 15.5. The Balaban J connectivity index is 1.73. The number of aryl methyl sites for hydroxylation is 3. The van der Waals surface area contributed by atoms with E-state index in [4.69, 9.17) is 4.52 Å². The van der Waals surface area contributed by atoms with Crippen LogP contribution in [0.4, 0.5) is 0 Å². The lowest BCUT2D eigenvalue weighted by Gasteiger charge is -2.00. The fourth-order valence-electron chi connectivity index (χ4n) is 1.82. The van der Waals surface area contributed by atoms with Gasteiger partial charge in [-0.15, -0.1) is 5.10 Å². The van der Waals surface area contributed by atoms with Crippen LogP contribution in [0.25, 0.3) is 11.5 Å². The van der Waals surface area contributed by atoms with Gasteiger partial charge in [-0.25, -0.2) is 4.79 Å². The number of nitrogens with one attached hydrogen (secondary N) is 1. The van der Waals surface area contributed by atoms with Crippen molar-refractivity contribution < 1.29 is 4.52 Å². The van der Waals surface area contributed by atoms with Gasteiger partial charge >= 0.3 is 5.69 Å². The van der Waals surface area contributed by atoms with E-state index in [2.05, 4.69) is 25.3 Å². The molecule has 112 valence electrons. The van der Waals surface area contributed by atoms with E-state index in [0.29, 0.717) is 30.4 Å². The predicted octanol–water partition coefficient (Wildman–Crippen LogP) is -0.0723. The normalized spacial score (nSPS) is 10.8. The van der Waals surface area contributed by atoms with Gasteiger partial charge in [0.2, 0.25) is 11.7 Å². The first-order chi connectivity index (χ1) is 10.6. The molecule has 22 heavy (non-hydrogen) atoms. The highest BCUT2D eigenvalue weighted by molar-refractivity contribution is 5.46. The molecule has 0 fully saturated rings. The van der Waals surface area contributed by atoms with Crippen molar-refractivity contribution in [2.24, 2.45) is 0 Å². The predicted molar refractivity (Wildman–Crippen MR) is 75.1 cm³/mol. The Kier molecular flexibility index (Phi) is 3.60. The van der Waals surface area contributed by atoms with Gasteiger partial charge in [-0.3, -0.25) is 9.78 Å². The van der Waals surface area contributed by atoms with E-state index in [1.54, 1.807) is 12.1 Å². The Labute approximate surface area is 123 Å². The maximum atomic E-state index is 11.5. The maximum Gasteiger partial charge on any atom is 0.328 e. The smallest absolute Gasteiger partial charge is 0.328 e. The van der Waals surface area contributed by atoms with Gasteiger partial charge in [-0.05, 0) is 19.1 Å². The second kappa shape index (κ2) is 5.72. The Morgan fingerprint density at radius 2 is 2.09 bits per heavy atom. The van der Waals surface area contributed by atoms with Crippen LogP contribution in [0, 0.1) is 6.92 Å². The highest BCUT2D eigenvalue weighted by Gasteiger charge is 2.10. The molecule has 0 unspecified atom stereocenters. The lowest BCUT2D eigenvalue weighted by atomic mass is 10.3. The number of nitrogens with zero attached hydrogens (tertiary/aromatic N) is 5. The molecule has 0 aliphatic heterocycles. The topological polar surface area (TPSA) is 120 Å². The van der Waals surface area contributed by atoms with Crippen LogP contribution in [0.1, 0.15) is 11.6 Å². The van der Waals surface area contributed by atoms with E-state index in [1.165, 1.54) is 16.8 Å². The van der Waals surface area contributed by atoms with Crippen LogP contribution in [0.2, 0.25) is 0 Å². The van der Waals surface area contributed by atoms with Crippen molar-refractivity contribution in [3.63, 3.8) is 0 Å². The highest BCUT2D eigenvalue weighted by Crippen LogP contribution is 2.12. The standard InChI is InChI=1S/C13H12N6O3/c1-8-2-3-9(17-16-8)12-15-11(22-18-12)5-7-19-6-4-10(20)14-13(19)21/h2-4,6H,5,7H2,1H3,(H,14,20,21). The summed E-state index contributed by atoms with van der Waals surface area (Å²) in [5.41, 5.74) is 0.405. The van der Waals surface area contributed by atoms with Crippen molar-refractivity contribution in [2.75, 3.05) is 0 Å². The summed E-state index contributed by atoms with van der Waals surface area (Å²) >= 11 is 0. The van der Waals surface area contributed by atoms with Crippen molar-refractivity contribution in [1.82, 2.24) is 29.9 Å². The molecule has 3 rings (SSSR count). The fraction of sp³-hybridized carbons (Fsp3) is 0.231. The summed E-state index contributed by atoms with van der Waals surface area (Å²) in [5, 5.41) is 11.7. The highest BCUT2D eigenvalue weighted by atomic mass is 16.5. The van der Waals surface area contributed by atoms with E-state index < -0.39 is 11.2 Å². The van der Waals surface area contributed by atoms with Crippen molar-refractivity contribution >= 4 is 0 Å². The van der Waals surface area contributed by atoms with Gasteiger partial charge in [-0.1, -0.05) is 5.16 Å². The van der Waals surface area contributed by atoms with Gasteiger partial charge in [-0.2, -0.15) is 10.1 Å². The van der Waals surface area contributed by atoms with E-state index in [9.17, 15) is 9.59 Å². The quantitative estimate of drug-likeness (QED) is 0.716. The zero-order valence-corrected chi connectivity index (χ0v) is 11.7. The molecule has 9 nitrogen and oxygen atoms in total. The maximum absolute atomic E-state index is 11.5. The largest absolute Gasteiger partial charge is 0.339 e. The summed E-state index contributed by atoms with van der Waals surface area (Å²) in [6.07, 6.45) is 1.78. The van der Waals surface area contributed by atoms with Crippen LogP contribution in [0.15, 0.2) is 38.5 Å². The average molecular weight is 300 g/mol. The monoisotopic (exact) mass is 300 g/mol. The van der Waals surface area contributed by atoms with Crippen LogP contribution in [0.5, 0.6) is 0 Å². The second-order valence-electron chi connectivity index (χ2n) is 4.63. The third-order valence-electron chi connectivity index (χ3n) is 2.96. The fourth-order valence-corrected chi connectivity index (χ4v) is 1.82. The van der Waals surface area contributed by atoms with Gasteiger partial charge in [0.25, 0.3) is 5.56 Å². The number of hydrogen-bond donors (Lipinski definition) is 1. The van der Waals surface area contributed by atoms with Gasteiger partial charge in [0.05, 0.1) is 5.69 Å². The molecular formula is C13H12N6O3. The summed E-state index contributed by atoms with van der Waals surface area (Å²) in [7, 11) is 0. The van der Waals surface area contributed by atoms with Crippen molar-refractivity contribution in [2.45, 2.75) is 19.9 Å². The Bertz CT molecular complexity index is 893. The van der Waals surface area contributed by atoms with Gasteiger partial charge in [0.15, 0.2) is 0 Å². The molecule has 0 saturated heterocycles. The number of aromatic amines is 1. The summed E-state index contributed by atoms with van der Waals surface area (Å²) in [6.45, 7) is 2.15. The first-order valence-corrected chi connectivity index (χ1v) is 6.55. The number of H-pyrrole nitrogens is 1. The van der Waals surface area contributed by atoms with Crippen LogP contribution >= 0.6 is 0 Å². The third-order valence-corrected chi connectivity index (χ3v) is 2.96. The molecule has 0 saturated carbocycles. The molecule has 0 spiro atoms. The van der Waals surface area contributed by atoms with E-state index >= 15 is 0 Å². The van der Waals surface area contributed by atoms with Crippen molar-refractivity contribution in [1.29, 1.82) is 0 Å². The first kappa shape index (κ1) is 13.9. The summed E-state index contributed by atoms with van der Waals surface area (Å²) in [4.78, 5) is 28.9. The first-order valence-electron chi connectivity index (χ1n) is 6.55. The lowest BCUT2D eigenvalue weighted by Crippen LogP contribution is -2.29. The number of hydrogen-bond acceptors (Lipinski definition) is 7. The second-order valence-corrected chi connectivity index (χ2v) is 4.63. The summed E-state index contributed by atoms with van der Waals surface area (Å²) in [6, 6.07) is 4.84. The average Bonchev–Trinajstić information content (AvgIpc) is 2.96. The zero-order valence-electron chi connectivity index (χ0n) is 11.7. The molecular weight excluding hydrogens is 288 g/mol. The molecule has 1 N–H and O–H groups in total. The van der Waals surface area contributed by atoms with E-state index in [0.717, 1.165) is 5.69 Å².